The van der Waals surface area contributed by atoms with Gasteiger partial charge in [0.2, 0.25) is 0 Å². The smallest absolute Gasteiger partial charge is 0.269 e. The molecule has 1 aromatic heterocycles. The van der Waals surface area contributed by atoms with Gasteiger partial charge in [0.1, 0.15) is 0 Å². The molecule has 0 aliphatic rings. The molecule has 0 atom stereocenters. The van der Waals surface area contributed by atoms with E-state index >= 15 is 0 Å². The highest BCUT2D eigenvalue weighted by molar-refractivity contribution is 6.01. The van der Waals surface area contributed by atoms with Crippen molar-refractivity contribution in [1.29, 1.82) is 0 Å². The van der Waals surface area contributed by atoms with Crippen molar-refractivity contribution < 1.29 is 9.72 Å². The molecular weight excluding hydrogens is 284 g/mol. The molecule has 0 radical (unpaired) electrons. The Morgan fingerprint density at radius 1 is 1.00 bits per heavy atom. The first-order valence-corrected chi connectivity index (χ1v) is 6.47. The molecule has 0 unspecified atom stereocenters. The number of para-hydroxylation sites is 1. The van der Waals surface area contributed by atoms with Crippen molar-refractivity contribution in [3.63, 3.8) is 0 Å². The van der Waals surface area contributed by atoms with Gasteiger partial charge < -0.3 is 0 Å². The van der Waals surface area contributed by atoms with Crippen LogP contribution in [0.4, 0.5) is 5.69 Å². The molecule has 3 rings (SSSR count). The average molecular weight is 294 g/mol. The van der Waals surface area contributed by atoms with Gasteiger partial charge in [-0.1, -0.05) is 12.1 Å². The van der Waals surface area contributed by atoms with Crippen molar-refractivity contribution in [3.8, 4) is 0 Å². The quantitative estimate of drug-likeness (QED) is 0.537. The van der Waals surface area contributed by atoms with Crippen molar-refractivity contribution in [2.45, 2.75) is 0 Å². The van der Waals surface area contributed by atoms with Gasteiger partial charge in [0.05, 0.1) is 10.4 Å². The van der Waals surface area contributed by atoms with Gasteiger partial charge in [-0.2, -0.15) is 0 Å². The number of non-ortho nitro benzene ring substituents is 1. The van der Waals surface area contributed by atoms with Crippen LogP contribution in [-0.2, 0) is 0 Å². The Bertz CT molecular complexity index is 942. The van der Waals surface area contributed by atoms with Crippen LogP contribution in [0.15, 0.2) is 65.6 Å². The van der Waals surface area contributed by atoms with E-state index in [9.17, 15) is 19.7 Å². The molecule has 0 aliphatic carbocycles. The summed E-state index contributed by atoms with van der Waals surface area (Å²) in [6.45, 7) is 0. The first-order valence-electron chi connectivity index (χ1n) is 6.47. The minimum Gasteiger partial charge on any atom is -0.289 e. The lowest BCUT2D eigenvalue weighted by molar-refractivity contribution is -0.384. The molecule has 0 fully saturated rings. The van der Waals surface area contributed by atoms with Crippen molar-refractivity contribution in [3.05, 3.63) is 86.7 Å². The van der Waals surface area contributed by atoms with Gasteiger partial charge >= 0.3 is 0 Å². The topological polar surface area (TPSA) is 82.2 Å². The number of rotatable bonds is 2. The minimum atomic E-state index is -0.525. The maximum atomic E-state index is 12.5. The largest absolute Gasteiger partial charge is 0.289 e. The lowest BCUT2D eigenvalue weighted by Gasteiger charge is -2.09. The molecule has 0 N–H and O–H groups in total. The van der Waals surface area contributed by atoms with E-state index in [1.165, 1.54) is 41.1 Å². The third kappa shape index (κ3) is 2.26. The fourth-order valence-electron chi connectivity index (χ4n) is 2.25. The van der Waals surface area contributed by atoms with E-state index < -0.39 is 4.92 Å². The standard InChI is InChI=1S/C16H10N2O4/c19-15-9-10-17(14-4-2-1-3-13(14)15)16(20)11-5-7-12(8-6-11)18(21)22/h1-10H. The summed E-state index contributed by atoms with van der Waals surface area (Å²) in [7, 11) is 0. The molecule has 0 amide bonds. The Balaban J connectivity index is 2.11. The number of nitro groups is 1. The second kappa shape index (κ2) is 5.25. The van der Waals surface area contributed by atoms with E-state index in [0.717, 1.165) is 0 Å². The Morgan fingerprint density at radius 2 is 1.68 bits per heavy atom. The summed E-state index contributed by atoms with van der Waals surface area (Å²) in [6, 6.07) is 13.5. The number of carbonyl (C=O) groups excluding carboxylic acids is 1. The van der Waals surface area contributed by atoms with E-state index in [4.69, 9.17) is 0 Å². The summed E-state index contributed by atoms with van der Waals surface area (Å²) >= 11 is 0. The van der Waals surface area contributed by atoms with Gasteiger partial charge in [-0.25, -0.2) is 0 Å². The fourth-order valence-corrected chi connectivity index (χ4v) is 2.25. The highest BCUT2D eigenvalue weighted by atomic mass is 16.6. The zero-order chi connectivity index (χ0) is 15.7. The molecule has 0 bridgehead atoms. The molecule has 1 heterocycles. The molecular formula is C16H10N2O4. The van der Waals surface area contributed by atoms with E-state index in [2.05, 4.69) is 0 Å². The summed E-state index contributed by atoms with van der Waals surface area (Å²) in [5, 5.41) is 11.1. The van der Waals surface area contributed by atoms with Crippen molar-refractivity contribution in [2.75, 3.05) is 0 Å². The number of hydrogen-bond acceptors (Lipinski definition) is 4. The molecule has 108 valence electrons. The fraction of sp³-hybridized carbons (Fsp3) is 0. The predicted molar refractivity (Wildman–Crippen MR) is 81.0 cm³/mol. The number of fused-ring (bicyclic) bond motifs is 1. The van der Waals surface area contributed by atoms with Crippen LogP contribution in [0.3, 0.4) is 0 Å². The summed E-state index contributed by atoms with van der Waals surface area (Å²) in [5.41, 5.74) is 0.558. The molecule has 0 aliphatic heterocycles. The highest BCUT2D eigenvalue weighted by Gasteiger charge is 2.13. The number of aromatic nitrogens is 1. The van der Waals surface area contributed by atoms with E-state index in [1.807, 2.05) is 0 Å². The monoisotopic (exact) mass is 294 g/mol. The number of hydrogen-bond donors (Lipinski definition) is 0. The molecule has 22 heavy (non-hydrogen) atoms. The summed E-state index contributed by atoms with van der Waals surface area (Å²) in [6.07, 6.45) is 1.41. The van der Waals surface area contributed by atoms with Gasteiger partial charge in [-0.15, -0.1) is 0 Å². The predicted octanol–water partition coefficient (Wildman–Crippen LogP) is 2.60. The first kappa shape index (κ1) is 13.7. The highest BCUT2D eigenvalue weighted by Crippen LogP contribution is 2.15. The molecule has 6 heteroatoms. The van der Waals surface area contributed by atoms with Crippen molar-refractivity contribution in [2.24, 2.45) is 0 Å². The number of benzene rings is 2. The van der Waals surface area contributed by atoms with Crippen LogP contribution < -0.4 is 5.43 Å². The van der Waals surface area contributed by atoms with Crippen LogP contribution in [0.5, 0.6) is 0 Å². The van der Waals surface area contributed by atoms with Gasteiger partial charge in [0, 0.05) is 35.3 Å². The molecule has 6 nitrogen and oxygen atoms in total. The zero-order valence-electron chi connectivity index (χ0n) is 11.3. The second-order valence-electron chi connectivity index (χ2n) is 4.68. The van der Waals surface area contributed by atoms with Crippen molar-refractivity contribution >= 4 is 22.5 Å². The number of pyridine rings is 1. The number of nitrogens with zero attached hydrogens (tertiary/aromatic N) is 2. The SMILES string of the molecule is O=C(c1ccc([N+](=O)[O-])cc1)n1ccc(=O)c2ccccc21. The Labute approximate surface area is 124 Å². The normalized spacial score (nSPS) is 10.5. The second-order valence-corrected chi connectivity index (χ2v) is 4.68. The van der Waals surface area contributed by atoms with Crippen LogP contribution in [-0.4, -0.2) is 15.4 Å². The summed E-state index contributed by atoms with van der Waals surface area (Å²) < 4.78 is 1.36. The molecule has 2 aromatic carbocycles. The third-order valence-corrected chi connectivity index (χ3v) is 3.35. The average Bonchev–Trinajstić information content (AvgIpc) is 2.55. The van der Waals surface area contributed by atoms with E-state index in [1.54, 1.807) is 24.3 Å². The van der Waals surface area contributed by atoms with Crippen molar-refractivity contribution in [1.82, 2.24) is 4.57 Å². The van der Waals surface area contributed by atoms with Gasteiger partial charge in [0.25, 0.3) is 11.6 Å². The first-order chi connectivity index (χ1) is 10.6. The summed E-state index contributed by atoms with van der Waals surface area (Å²) in [4.78, 5) is 34.5. The third-order valence-electron chi connectivity index (χ3n) is 3.35. The Hall–Kier alpha value is -3.28. The minimum absolute atomic E-state index is 0.0821. The summed E-state index contributed by atoms with van der Waals surface area (Å²) in [5.74, 6) is -0.355. The lowest BCUT2D eigenvalue weighted by atomic mass is 10.1. The van der Waals surface area contributed by atoms with E-state index in [0.29, 0.717) is 16.5 Å². The van der Waals surface area contributed by atoms with Gasteiger partial charge in [-0.05, 0) is 24.3 Å². The van der Waals surface area contributed by atoms with Crippen LogP contribution in [0.25, 0.3) is 10.9 Å². The Morgan fingerprint density at radius 3 is 2.36 bits per heavy atom. The molecule has 0 saturated carbocycles. The van der Waals surface area contributed by atoms with Crippen LogP contribution in [0.2, 0.25) is 0 Å². The number of carbonyl (C=O) groups is 1. The maximum absolute atomic E-state index is 12.5. The van der Waals surface area contributed by atoms with Crippen LogP contribution in [0, 0.1) is 10.1 Å². The maximum Gasteiger partial charge on any atom is 0.269 e. The number of nitro benzene ring substituents is 1. The lowest BCUT2D eigenvalue weighted by Crippen LogP contribution is -2.16. The molecule has 3 aromatic rings. The Kier molecular flexibility index (Phi) is 3.27. The van der Waals surface area contributed by atoms with Gasteiger partial charge in [-0.3, -0.25) is 24.3 Å². The van der Waals surface area contributed by atoms with Gasteiger partial charge in [0.15, 0.2) is 5.43 Å². The molecule has 0 spiro atoms. The zero-order valence-corrected chi connectivity index (χ0v) is 11.3. The van der Waals surface area contributed by atoms with E-state index in [-0.39, 0.29) is 17.0 Å². The van der Waals surface area contributed by atoms with Crippen LogP contribution >= 0.6 is 0 Å². The molecule has 0 saturated heterocycles. The van der Waals surface area contributed by atoms with Crippen LogP contribution in [0.1, 0.15) is 10.4 Å².